The van der Waals surface area contributed by atoms with E-state index < -0.39 is 0 Å². The Labute approximate surface area is 95.8 Å². The zero-order valence-corrected chi connectivity index (χ0v) is 10.1. The third-order valence-electron chi connectivity index (χ3n) is 2.62. The van der Waals surface area contributed by atoms with Gasteiger partial charge < -0.3 is 10.5 Å². The summed E-state index contributed by atoms with van der Waals surface area (Å²) in [5, 5.41) is 0. The second kappa shape index (κ2) is 6.50. The number of hydrogen-bond acceptors (Lipinski definition) is 3. The van der Waals surface area contributed by atoms with Crippen molar-refractivity contribution in [3.8, 4) is 0 Å². The minimum atomic E-state index is 0.0368. The molecule has 0 saturated heterocycles. The number of imidazole rings is 1. The molecule has 92 valence electrons. The lowest BCUT2D eigenvalue weighted by Crippen LogP contribution is -2.29. The third kappa shape index (κ3) is 3.21. The minimum absolute atomic E-state index is 0.0368. The molecule has 16 heavy (non-hydrogen) atoms. The highest BCUT2D eigenvalue weighted by atomic mass is 16.5. The van der Waals surface area contributed by atoms with Crippen LogP contribution in [0, 0.1) is 0 Å². The van der Waals surface area contributed by atoms with Crippen molar-refractivity contribution >= 4 is 0 Å². The Kier molecular flexibility index (Phi) is 5.28. The lowest BCUT2D eigenvalue weighted by Gasteiger charge is -2.14. The van der Waals surface area contributed by atoms with Gasteiger partial charge in [-0.2, -0.15) is 0 Å². The van der Waals surface area contributed by atoms with Crippen LogP contribution in [-0.2, 0) is 17.8 Å². The van der Waals surface area contributed by atoms with E-state index in [1.54, 1.807) is 15.3 Å². The minimum Gasteiger partial charge on any atom is -0.377 e. The van der Waals surface area contributed by atoms with Crippen molar-refractivity contribution in [3.63, 3.8) is 0 Å². The lowest BCUT2D eigenvalue weighted by atomic mass is 10.2. The van der Waals surface area contributed by atoms with E-state index in [4.69, 9.17) is 10.5 Å². The maximum absolute atomic E-state index is 11.7. The second-order valence-electron chi connectivity index (χ2n) is 3.66. The van der Waals surface area contributed by atoms with Gasteiger partial charge in [0.1, 0.15) is 0 Å². The average Bonchev–Trinajstić information content (AvgIpc) is 2.65. The van der Waals surface area contributed by atoms with Crippen molar-refractivity contribution in [1.29, 1.82) is 0 Å². The molecular formula is C11H21N3O2. The normalized spacial score (nSPS) is 12.9. The second-order valence-corrected chi connectivity index (χ2v) is 3.66. The van der Waals surface area contributed by atoms with Gasteiger partial charge in [0, 0.05) is 38.6 Å². The number of nitrogens with two attached hydrogens (primary N) is 1. The summed E-state index contributed by atoms with van der Waals surface area (Å²) in [7, 11) is 0. The smallest absolute Gasteiger partial charge is 0.328 e. The van der Waals surface area contributed by atoms with Gasteiger partial charge in [-0.15, -0.1) is 0 Å². The van der Waals surface area contributed by atoms with Gasteiger partial charge in [0.05, 0.1) is 6.10 Å². The van der Waals surface area contributed by atoms with Crippen LogP contribution in [0.15, 0.2) is 17.2 Å². The average molecular weight is 227 g/mol. The van der Waals surface area contributed by atoms with Crippen molar-refractivity contribution in [2.75, 3.05) is 13.2 Å². The zero-order chi connectivity index (χ0) is 12.0. The van der Waals surface area contributed by atoms with Crippen molar-refractivity contribution in [1.82, 2.24) is 9.13 Å². The van der Waals surface area contributed by atoms with E-state index in [1.807, 2.05) is 20.0 Å². The van der Waals surface area contributed by atoms with Crippen molar-refractivity contribution < 1.29 is 4.74 Å². The first-order valence-electron chi connectivity index (χ1n) is 5.80. The predicted molar refractivity (Wildman–Crippen MR) is 63.5 cm³/mol. The molecule has 0 aliphatic carbocycles. The van der Waals surface area contributed by atoms with Crippen LogP contribution >= 0.6 is 0 Å². The number of aryl methyl sites for hydroxylation is 2. The molecular weight excluding hydrogens is 206 g/mol. The highest BCUT2D eigenvalue weighted by Gasteiger charge is 2.08. The summed E-state index contributed by atoms with van der Waals surface area (Å²) >= 11 is 0. The highest BCUT2D eigenvalue weighted by molar-refractivity contribution is 4.81. The largest absolute Gasteiger partial charge is 0.377 e. The molecule has 0 amide bonds. The number of ether oxygens (including phenoxy) is 1. The van der Waals surface area contributed by atoms with E-state index in [0.29, 0.717) is 26.2 Å². The van der Waals surface area contributed by atoms with E-state index in [2.05, 4.69) is 0 Å². The molecule has 1 rings (SSSR count). The molecule has 0 fully saturated rings. The van der Waals surface area contributed by atoms with Crippen LogP contribution in [0.3, 0.4) is 0 Å². The van der Waals surface area contributed by atoms with E-state index >= 15 is 0 Å². The topological polar surface area (TPSA) is 62.2 Å². The quantitative estimate of drug-likeness (QED) is 0.734. The molecule has 0 aromatic carbocycles. The molecule has 1 aromatic heterocycles. The maximum Gasteiger partial charge on any atom is 0.328 e. The van der Waals surface area contributed by atoms with Crippen LogP contribution in [-0.4, -0.2) is 28.4 Å². The molecule has 0 spiro atoms. The van der Waals surface area contributed by atoms with Gasteiger partial charge in [-0.1, -0.05) is 0 Å². The molecule has 0 aliphatic heterocycles. The van der Waals surface area contributed by atoms with Crippen molar-refractivity contribution in [2.24, 2.45) is 5.73 Å². The molecule has 0 aliphatic rings. The first-order chi connectivity index (χ1) is 7.72. The Hall–Kier alpha value is -1.07. The molecule has 0 bridgehead atoms. The van der Waals surface area contributed by atoms with Gasteiger partial charge in [-0.05, 0) is 20.3 Å². The standard InChI is InChI=1S/C11H21N3O2/c1-3-13-7-8-14(11(13)15)6-5-10(9-12)16-4-2/h7-8,10H,3-6,9,12H2,1-2H3. The summed E-state index contributed by atoms with van der Waals surface area (Å²) in [4.78, 5) is 11.7. The zero-order valence-electron chi connectivity index (χ0n) is 10.1. The fourth-order valence-corrected chi connectivity index (χ4v) is 1.65. The van der Waals surface area contributed by atoms with Crippen LogP contribution in [0.5, 0.6) is 0 Å². The summed E-state index contributed by atoms with van der Waals surface area (Å²) < 4.78 is 8.82. The predicted octanol–water partition coefficient (Wildman–Crippen LogP) is 0.424. The molecule has 1 aromatic rings. The fourth-order valence-electron chi connectivity index (χ4n) is 1.65. The lowest BCUT2D eigenvalue weighted by molar-refractivity contribution is 0.0597. The Morgan fingerprint density at radius 2 is 2.06 bits per heavy atom. The van der Waals surface area contributed by atoms with E-state index in [1.165, 1.54) is 0 Å². The van der Waals surface area contributed by atoms with Gasteiger partial charge in [-0.3, -0.25) is 9.13 Å². The van der Waals surface area contributed by atoms with Gasteiger partial charge in [-0.25, -0.2) is 4.79 Å². The molecule has 0 radical (unpaired) electrons. The molecule has 0 saturated carbocycles. The summed E-state index contributed by atoms with van der Waals surface area (Å²) in [6.07, 6.45) is 4.44. The Balaban J connectivity index is 2.53. The molecule has 5 heteroatoms. The summed E-state index contributed by atoms with van der Waals surface area (Å²) in [5.74, 6) is 0. The van der Waals surface area contributed by atoms with Gasteiger partial charge in [0.25, 0.3) is 0 Å². The van der Waals surface area contributed by atoms with Crippen molar-refractivity contribution in [3.05, 3.63) is 22.9 Å². The summed E-state index contributed by atoms with van der Waals surface area (Å²) in [6.45, 7) is 6.42. The monoisotopic (exact) mass is 227 g/mol. The number of aromatic nitrogens is 2. The molecule has 5 nitrogen and oxygen atoms in total. The molecule has 1 heterocycles. The van der Waals surface area contributed by atoms with Crippen LogP contribution in [0.2, 0.25) is 0 Å². The number of nitrogens with zero attached hydrogens (tertiary/aromatic N) is 2. The summed E-state index contributed by atoms with van der Waals surface area (Å²) in [5.41, 5.74) is 5.61. The van der Waals surface area contributed by atoms with Crippen molar-refractivity contribution in [2.45, 2.75) is 39.5 Å². The van der Waals surface area contributed by atoms with Crippen LogP contribution in [0.1, 0.15) is 20.3 Å². The number of rotatable bonds is 7. The number of hydrogen-bond donors (Lipinski definition) is 1. The highest BCUT2D eigenvalue weighted by Crippen LogP contribution is 1.99. The van der Waals surface area contributed by atoms with E-state index in [0.717, 1.165) is 6.42 Å². The van der Waals surface area contributed by atoms with Crippen LogP contribution < -0.4 is 11.4 Å². The van der Waals surface area contributed by atoms with Gasteiger partial charge in [0.15, 0.2) is 0 Å². The molecule has 1 atom stereocenters. The maximum atomic E-state index is 11.7. The molecule has 1 unspecified atom stereocenters. The summed E-state index contributed by atoms with van der Waals surface area (Å²) in [6, 6.07) is 0. The van der Waals surface area contributed by atoms with E-state index in [9.17, 15) is 4.79 Å². The fraction of sp³-hybridized carbons (Fsp3) is 0.727. The Morgan fingerprint density at radius 1 is 1.38 bits per heavy atom. The van der Waals surface area contributed by atoms with Crippen LogP contribution in [0.4, 0.5) is 0 Å². The first kappa shape index (κ1) is 13.0. The Bertz CT molecular complexity index is 356. The third-order valence-corrected chi connectivity index (χ3v) is 2.62. The van der Waals surface area contributed by atoms with Crippen LogP contribution in [0.25, 0.3) is 0 Å². The van der Waals surface area contributed by atoms with Gasteiger partial charge in [0.2, 0.25) is 0 Å². The molecule has 2 N–H and O–H groups in total. The van der Waals surface area contributed by atoms with Gasteiger partial charge >= 0.3 is 5.69 Å². The first-order valence-corrected chi connectivity index (χ1v) is 5.80. The SMILES string of the molecule is CCOC(CN)CCn1ccn(CC)c1=O. The van der Waals surface area contributed by atoms with E-state index in [-0.39, 0.29) is 11.8 Å². The Morgan fingerprint density at radius 3 is 2.56 bits per heavy atom.